The van der Waals surface area contributed by atoms with E-state index in [1.807, 2.05) is 0 Å². The van der Waals surface area contributed by atoms with Gasteiger partial charge in [0.25, 0.3) is 5.91 Å². The van der Waals surface area contributed by atoms with Gasteiger partial charge in [-0.1, -0.05) is 18.2 Å². The second-order valence-corrected chi connectivity index (χ2v) is 9.78. The minimum Gasteiger partial charge on any atom is -0.338 e. The topological polar surface area (TPSA) is 120 Å². The number of carbonyl (C=O) groups excluding carboxylic acids is 3. The lowest BCUT2D eigenvalue weighted by atomic mass is 9.97. The maximum absolute atomic E-state index is 14.0. The summed E-state index contributed by atoms with van der Waals surface area (Å²) in [6.07, 6.45) is 1.50. The number of nitrogens with zero attached hydrogens (tertiary/aromatic N) is 4. The Labute approximate surface area is 190 Å². The van der Waals surface area contributed by atoms with E-state index in [4.69, 9.17) is 0 Å². The fourth-order valence-electron chi connectivity index (χ4n) is 3.88. The summed E-state index contributed by atoms with van der Waals surface area (Å²) in [5.74, 6) is -1.93. The third-order valence-electron chi connectivity index (χ3n) is 5.79. The number of piperazine rings is 1. The summed E-state index contributed by atoms with van der Waals surface area (Å²) in [5, 5.41) is 2.59. The van der Waals surface area contributed by atoms with Gasteiger partial charge >= 0.3 is 6.03 Å². The second kappa shape index (κ2) is 8.52. The smallest absolute Gasteiger partial charge is 0.325 e. The molecule has 2 aliphatic rings. The molecule has 1 N–H and O–H groups in total. The maximum atomic E-state index is 14.0. The molecule has 1 atom stereocenters. The molecule has 0 spiro atoms. The number of imide groups is 1. The summed E-state index contributed by atoms with van der Waals surface area (Å²) < 4.78 is 40.5. The number of hydrogen-bond donors (Lipinski definition) is 1. The van der Waals surface area contributed by atoms with Crippen molar-refractivity contribution in [3.05, 3.63) is 60.2 Å². The van der Waals surface area contributed by atoms with E-state index in [1.54, 1.807) is 18.2 Å². The third kappa shape index (κ3) is 4.07. The number of carbonyl (C=O) groups is 3. The third-order valence-corrected chi connectivity index (χ3v) is 7.72. The first kappa shape index (κ1) is 22.8. The quantitative estimate of drug-likeness (QED) is 0.630. The van der Waals surface area contributed by atoms with E-state index in [9.17, 15) is 27.2 Å². The fourth-order valence-corrected chi connectivity index (χ4v) is 5.37. The van der Waals surface area contributed by atoms with Crippen LogP contribution in [0.2, 0.25) is 0 Å². The molecule has 10 nitrogen and oxygen atoms in total. The van der Waals surface area contributed by atoms with Gasteiger partial charge in [-0.3, -0.25) is 19.5 Å². The van der Waals surface area contributed by atoms with Crippen molar-refractivity contribution in [2.24, 2.45) is 0 Å². The van der Waals surface area contributed by atoms with Crippen molar-refractivity contribution in [1.82, 2.24) is 24.4 Å². The lowest BCUT2D eigenvalue weighted by Crippen LogP contribution is -2.53. The van der Waals surface area contributed by atoms with Gasteiger partial charge in [0.1, 0.15) is 17.3 Å². The molecule has 0 aliphatic carbocycles. The van der Waals surface area contributed by atoms with Crippen molar-refractivity contribution in [2.75, 3.05) is 32.7 Å². The molecule has 4 rings (SSSR count). The van der Waals surface area contributed by atoms with Gasteiger partial charge in [-0.15, -0.1) is 0 Å². The van der Waals surface area contributed by atoms with Crippen LogP contribution in [0.15, 0.2) is 53.6 Å². The molecule has 0 saturated carbocycles. The highest BCUT2D eigenvalue weighted by molar-refractivity contribution is 7.89. The zero-order valence-corrected chi connectivity index (χ0v) is 18.6. The van der Waals surface area contributed by atoms with Crippen LogP contribution in [-0.4, -0.2) is 78.1 Å². The Bertz CT molecular complexity index is 1200. The van der Waals surface area contributed by atoms with Crippen LogP contribution in [-0.2, 0) is 25.2 Å². The monoisotopic (exact) mass is 475 g/mol. The van der Waals surface area contributed by atoms with Crippen LogP contribution < -0.4 is 5.32 Å². The number of aromatic nitrogens is 1. The van der Waals surface area contributed by atoms with Crippen molar-refractivity contribution in [3.63, 3.8) is 0 Å². The first-order valence-corrected chi connectivity index (χ1v) is 11.7. The molecule has 0 bridgehead atoms. The van der Waals surface area contributed by atoms with E-state index >= 15 is 0 Å². The van der Waals surface area contributed by atoms with Gasteiger partial charge in [-0.25, -0.2) is 17.6 Å². The number of halogens is 1. The number of pyridine rings is 1. The summed E-state index contributed by atoms with van der Waals surface area (Å²) in [5.41, 5.74) is -1.03. The SMILES string of the molecule is CC1(c2ccccn2)NC(=O)N(CC(=O)N2CCN(S(=O)(=O)c3ccccc3F)CC2)C1=O. The molecule has 1 aromatic heterocycles. The molecule has 0 radical (unpaired) electrons. The molecular formula is C21H22FN5O5S. The van der Waals surface area contributed by atoms with E-state index < -0.39 is 50.7 Å². The Morgan fingerprint density at radius 1 is 1.09 bits per heavy atom. The number of rotatable bonds is 5. The molecular weight excluding hydrogens is 453 g/mol. The Morgan fingerprint density at radius 2 is 1.76 bits per heavy atom. The predicted octanol–water partition coefficient (Wildman–Crippen LogP) is 0.521. The van der Waals surface area contributed by atoms with E-state index in [0.717, 1.165) is 15.3 Å². The minimum absolute atomic E-state index is 0.0335. The Balaban J connectivity index is 1.40. The standard InChI is InChI=1S/C21H22FN5O5S/c1-21(17-8-4-5-9-23-17)19(29)27(20(30)24-21)14-18(28)25-10-12-26(13-11-25)33(31,32)16-7-3-2-6-15(16)22/h2-9H,10-14H2,1H3,(H,24,30). The lowest BCUT2D eigenvalue weighted by Gasteiger charge is -2.34. The number of urea groups is 1. The van der Waals surface area contributed by atoms with E-state index in [-0.39, 0.29) is 26.2 Å². The highest BCUT2D eigenvalue weighted by Gasteiger charge is 2.50. The molecule has 12 heteroatoms. The van der Waals surface area contributed by atoms with Gasteiger partial charge in [0.2, 0.25) is 15.9 Å². The van der Waals surface area contributed by atoms with Crippen LogP contribution in [0.4, 0.5) is 9.18 Å². The number of hydrogen-bond acceptors (Lipinski definition) is 6. The summed E-state index contributed by atoms with van der Waals surface area (Å²) in [6, 6.07) is 9.38. The highest BCUT2D eigenvalue weighted by atomic mass is 32.2. The Kier molecular flexibility index (Phi) is 5.89. The van der Waals surface area contributed by atoms with Gasteiger partial charge < -0.3 is 10.2 Å². The molecule has 174 valence electrons. The molecule has 2 aliphatic heterocycles. The summed E-state index contributed by atoms with van der Waals surface area (Å²) >= 11 is 0. The predicted molar refractivity (Wildman–Crippen MR) is 114 cm³/mol. The number of amides is 4. The first-order chi connectivity index (χ1) is 15.6. The first-order valence-electron chi connectivity index (χ1n) is 10.2. The average Bonchev–Trinajstić information content (AvgIpc) is 3.03. The van der Waals surface area contributed by atoms with Crippen molar-refractivity contribution in [1.29, 1.82) is 0 Å². The Morgan fingerprint density at radius 3 is 2.39 bits per heavy atom. The number of sulfonamides is 1. The molecule has 33 heavy (non-hydrogen) atoms. The van der Waals surface area contributed by atoms with Crippen molar-refractivity contribution in [2.45, 2.75) is 17.4 Å². The molecule has 1 aromatic carbocycles. The van der Waals surface area contributed by atoms with Crippen LogP contribution >= 0.6 is 0 Å². The summed E-state index contributed by atoms with van der Waals surface area (Å²) in [7, 11) is -4.04. The van der Waals surface area contributed by atoms with Crippen molar-refractivity contribution >= 4 is 27.9 Å². The molecule has 2 saturated heterocycles. The lowest BCUT2D eigenvalue weighted by molar-refractivity contribution is -0.139. The van der Waals surface area contributed by atoms with E-state index in [2.05, 4.69) is 10.3 Å². The summed E-state index contributed by atoms with van der Waals surface area (Å²) in [6.45, 7) is 1.07. The van der Waals surface area contributed by atoms with Crippen LogP contribution in [0.25, 0.3) is 0 Å². The van der Waals surface area contributed by atoms with Gasteiger partial charge in [-0.05, 0) is 31.2 Å². The highest BCUT2D eigenvalue weighted by Crippen LogP contribution is 2.27. The van der Waals surface area contributed by atoms with Crippen LogP contribution in [0.5, 0.6) is 0 Å². The van der Waals surface area contributed by atoms with Gasteiger partial charge in [0.15, 0.2) is 5.54 Å². The van der Waals surface area contributed by atoms with Crippen molar-refractivity contribution < 1.29 is 27.2 Å². The Hall–Kier alpha value is -3.38. The van der Waals surface area contributed by atoms with Crippen LogP contribution in [0.3, 0.4) is 0 Å². The average molecular weight is 476 g/mol. The largest absolute Gasteiger partial charge is 0.338 e. The fraction of sp³-hybridized carbons (Fsp3) is 0.333. The molecule has 3 heterocycles. The van der Waals surface area contributed by atoms with E-state index in [1.165, 1.54) is 36.2 Å². The normalized spacial score (nSPS) is 21.9. The second-order valence-electron chi connectivity index (χ2n) is 7.88. The molecule has 1 unspecified atom stereocenters. The van der Waals surface area contributed by atoms with Crippen LogP contribution in [0.1, 0.15) is 12.6 Å². The number of benzene rings is 1. The minimum atomic E-state index is -4.04. The van der Waals surface area contributed by atoms with Gasteiger partial charge in [0, 0.05) is 32.4 Å². The van der Waals surface area contributed by atoms with Crippen molar-refractivity contribution in [3.8, 4) is 0 Å². The summed E-state index contributed by atoms with van der Waals surface area (Å²) in [4.78, 5) is 44.1. The molecule has 2 fully saturated rings. The molecule has 4 amide bonds. The number of nitrogens with one attached hydrogen (secondary N) is 1. The van der Waals surface area contributed by atoms with Gasteiger partial charge in [-0.2, -0.15) is 4.31 Å². The zero-order valence-electron chi connectivity index (χ0n) is 17.8. The van der Waals surface area contributed by atoms with Gasteiger partial charge in [0.05, 0.1) is 5.69 Å². The van der Waals surface area contributed by atoms with Crippen LogP contribution in [0, 0.1) is 5.82 Å². The molecule has 2 aromatic rings. The zero-order chi connectivity index (χ0) is 23.8. The maximum Gasteiger partial charge on any atom is 0.325 e. The van der Waals surface area contributed by atoms with E-state index in [0.29, 0.717) is 5.69 Å².